The van der Waals surface area contributed by atoms with Gasteiger partial charge in [-0.15, -0.1) is 5.10 Å². The monoisotopic (exact) mass is 370 g/mol. The van der Waals surface area contributed by atoms with Crippen LogP contribution in [0.15, 0.2) is 47.9 Å². The van der Waals surface area contributed by atoms with E-state index in [9.17, 15) is 4.79 Å². The van der Waals surface area contributed by atoms with Crippen molar-refractivity contribution >= 4 is 23.4 Å². The number of hydrogen-bond donors (Lipinski definition) is 1. The van der Waals surface area contributed by atoms with E-state index in [1.54, 1.807) is 36.7 Å². The number of thioether (sulfide) groups is 1. The summed E-state index contributed by atoms with van der Waals surface area (Å²) >= 11 is 1.24. The fourth-order valence-corrected chi connectivity index (χ4v) is 3.05. The summed E-state index contributed by atoms with van der Waals surface area (Å²) in [5.41, 5.74) is 1.37. The number of carbonyl (C=O) groups is 1. The van der Waals surface area contributed by atoms with Crippen molar-refractivity contribution in [1.82, 2.24) is 25.2 Å². The van der Waals surface area contributed by atoms with Gasteiger partial charge in [0.2, 0.25) is 11.1 Å². The Morgan fingerprint density at radius 1 is 1.23 bits per heavy atom. The van der Waals surface area contributed by atoms with E-state index in [1.807, 2.05) is 6.07 Å². The fourth-order valence-electron chi connectivity index (χ4n) is 2.36. The Bertz CT molecular complexity index is 917. The van der Waals surface area contributed by atoms with Crippen molar-refractivity contribution in [3.8, 4) is 17.2 Å². The second kappa shape index (κ2) is 7.40. The summed E-state index contributed by atoms with van der Waals surface area (Å²) in [6.45, 7) is 1.03. The quantitative estimate of drug-likeness (QED) is 0.675. The van der Waals surface area contributed by atoms with Crippen LogP contribution < -0.4 is 14.8 Å². The van der Waals surface area contributed by atoms with Gasteiger partial charge in [0, 0.05) is 18.0 Å². The van der Waals surface area contributed by atoms with Gasteiger partial charge in [0.1, 0.15) is 13.2 Å². The van der Waals surface area contributed by atoms with Gasteiger partial charge in [0.15, 0.2) is 11.5 Å². The predicted molar refractivity (Wildman–Crippen MR) is 93.7 cm³/mol. The number of amides is 1. The molecule has 1 aliphatic rings. The number of anilines is 1. The lowest BCUT2D eigenvalue weighted by molar-refractivity contribution is -0.113. The molecule has 1 amide bonds. The fraction of sp³-hybridized carbons (Fsp3) is 0.188. The molecule has 4 rings (SSSR count). The number of tetrazole rings is 1. The van der Waals surface area contributed by atoms with Crippen LogP contribution in [-0.4, -0.2) is 50.1 Å². The topological polar surface area (TPSA) is 104 Å². The molecule has 3 heterocycles. The summed E-state index contributed by atoms with van der Waals surface area (Å²) < 4.78 is 12.5. The Hall–Kier alpha value is -3.14. The van der Waals surface area contributed by atoms with Crippen LogP contribution in [0.3, 0.4) is 0 Å². The smallest absolute Gasteiger partial charge is 0.234 e. The molecule has 10 heteroatoms. The van der Waals surface area contributed by atoms with Crippen LogP contribution in [-0.2, 0) is 4.79 Å². The normalized spacial score (nSPS) is 12.6. The van der Waals surface area contributed by atoms with Gasteiger partial charge in [-0.2, -0.15) is 4.68 Å². The Balaban J connectivity index is 1.39. The third-order valence-electron chi connectivity index (χ3n) is 3.49. The first-order valence-electron chi connectivity index (χ1n) is 7.81. The molecule has 26 heavy (non-hydrogen) atoms. The summed E-state index contributed by atoms with van der Waals surface area (Å²) in [6.07, 6.45) is 3.32. The number of rotatable bonds is 5. The zero-order chi connectivity index (χ0) is 17.8. The Kier molecular flexibility index (Phi) is 4.65. The van der Waals surface area contributed by atoms with E-state index in [0.717, 1.165) is 5.69 Å². The second-order valence-corrected chi connectivity index (χ2v) is 6.22. The van der Waals surface area contributed by atoms with Gasteiger partial charge < -0.3 is 14.8 Å². The first-order chi connectivity index (χ1) is 12.8. The van der Waals surface area contributed by atoms with Crippen molar-refractivity contribution in [1.29, 1.82) is 0 Å². The maximum absolute atomic E-state index is 12.2. The first kappa shape index (κ1) is 16.3. The first-order valence-corrected chi connectivity index (χ1v) is 8.79. The molecule has 9 nitrogen and oxygen atoms in total. The van der Waals surface area contributed by atoms with E-state index in [-0.39, 0.29) is 11.7 Å². The maximum atomic E-state index is 12.2. The molecule has 0 unspecified atom stereocenters. The van der Waals surface area contributed by atoms with Crippen LogP contribution in [0, 0.1) is 0 Å². The second-order valence-electron chi connectivity index (χ2n) is 5.28. The average molecular weight is 370 g/mol. The van der Waals surface area contributed by atoms with Crippen LogP contribution >= 0.6 is 11.8 Å². The molecule has 1 aromatic carbocycles. The van der Waals surface area contributed by atoms with Crippen molar-refractivity contribution in [2.24, 2.45) is 0 Å². The highest BCUT2D eigenvalue weighted by Gasteiger charge is 2.14. The number of nitrogens with zero attached hydrogens (tertiary/aromatic N) is 5. The largest absolute Gasteiger partial charge is 0.486 e. The zero-order valence-electron chi connectivity index (χ0n) is 13.5. The number of carbonyl (C=O) groups excluding carboxylic acids is 1. The van der Waals surface area contributed by atoms with E-state index >= 15 is 0 Å². The van der Waals surface area contributed by atoms with Gasteiger partial charge in [-0.25, -0.2) is 0 Å². The van der Waals surface area contributed by atoms with Gasteiger partial charge in [-0.05, 0) is 34.7 Å². The minimum atomic E-state index is -0.174. The van der Waals surface area contributed by atoms with E-state index in [4.69, 9.17) is 9.47 Å². The van der Waals surface area contributed by atoms with Crippen molar-refractivity contribution in [2.45, 2.75) is 5.16 Å². The lowest BCUT2D eigenvalue weighted by atomic mass is 10.2. The van der Waals surface area contributed by atoms with Gasteiger partial charge in [0.25, 0.3) is 0 Å². The van der Waals surface area contributed by atoms with Crippen molar-refractivity contribution in [3.63, 3.8) is 0 Å². The zero-order valence-corrected chi connectivity index (χ0v) is 14.3. The summed E-state index contributed by atoms with van der Waals surface area (Å²) in [5, 5.41) is 14.9. The average Bonchev–Trinajstić information content (AvgIpc) is 3.16. The molecule has 0 saturated carbocycles. The lowest BCUT2D eigenvalue weighted by Crippen LogP contribution is -2.17. The molecule has 132 valence electrons. The number of hydrogen-bond acceptors (Lipinski definition) is 8. The highest BCUT2D eigenvalue weighted by atomic mass is 32.2. The molecule has 3 aromatic rings. The van der Waals surface area contributed by atoms with Gasteiger partial charge in [0.05, 0.1) is 17.6 Å². The highest BCUT2D eigenvalue weighted by molar-refractivity contribution is 7.99. The molecular weight excluding hydrogens is 356 g/mol. The van der Waals surface area contributed by atoms with E-state index < -0.39 is 0 Å². The predicted octanol–water partition coefficient (Wildman–Crippen LogP) is 1.56. The molecule has 0 radical (unpaired) electrons. The molecular formula is C16H14N6O3S. The minimum absolute atomic E-state index is 0.162. The number of pyridine rings is 1. The lowest BCUT2D eigenvalue weighted by Gasteiger charge is -2.18. The molecule has 2 aromatic heterocycles. The molecule has 0 aliphatic carbocycles. The Morgan fingerprint density at radius 3 is 2.96 bits per heavy atom. The van der Waals surface area contributed by atoms with Crippen LogP contribution in [0.5, 0.6) is 11.5 Å². The van der Waals surface area contributed by atoms with Crippen molar-refractivity contribution in [3.05, 3.63) is 42.7 Å². The summed E-state index contributed by atoms with van der Waals surface area (Å²) in [7, 11) is 0. The molecule has 0 bridgehead atoms. The minimum Gasteiger partial charge on any atom is -0.486 e. The van der Waals surface area contributed by atoms with Gasteiger partial charge in [-0.3, -0.25) is 9.78 Å². The summed E-state index contributed by atoms with van der Waals surface area (Å²) in [4.78, 5) is 16.3. The van der Waals surface area contributed by atoms with Crippen molar-refractivity contribution < 1.29 is 14.3 Å². The number of nitrogens with one attached hydrogen (secondary N) is 1. The SMILES string of the molecule is O=C(CSc1nnnn1-c1cccnc1)Nc1ccc2c(c1)OCCO2. The maximum Gasteiger partial charge on any atom is 0.234 e. The van der Waals surface area contributed by atoms with Crippen LogP contribution in [0.25, 0.3) is 5.69 Å². The number of fused-ring (bicyclic) bond motifs is 1. The third-order valence-corrected chi connectivity index (χ3v) is 4.41. The molecule has 0 fully saturated rings. The Morgan fingerprint density at radius 2 is 2.12 bits per heavy atom. The number of ether oxygens (including phenoxy) is 2. The Labute approximate surface area is 152 Å². The molecule has 0 saturated heterocycles. The number of benzene rings is 1. The molecule has 1 aliphatic heterocycles. The standard InChI is InChI=1S/C16H14N6O3S/c23-15(18-11-3-4-13-14(8-11)25-7-6-24-13)10-26-16-19-20-21-22(16)12-2-1-5-17-9-12/h1-5,8-9H,6-7,10H2,(H,18,23). The molecule has 0 atom stereocenters. The van der Waals surface area contributed by atoms with E-state index in [0.29, 0.717) is 35.6 Å². The highest BCUT2D eigenvalue weighted by Crippen LogP contribution is 2.32. The van der Waals surface area contributed by atoms with Crippen molar-refractivity contribution in [2.75, 3.05) is 24.3 Å². The summed E-state index contributed by atoms with van der Waals surface area (Å²) in [5.74, 6) is 1.30. The van der Waals surface area contributed by atoms with Crippen LogP contribution in [0.4, 0.5) is 5.69 Å². The van der Waals surface area contributed by atoms with Gasteiger partial charge >= 0.3 is 0 Å². The van der Waals surface area contributed by atoms with Crippen LogP contribution in [0.1, 0.15) is 0 Å². The van der Waals surface area contributed by atoms with E-state index in [2.05, 4.69) is 25.8 Å². The molecule has 1 N–H and O–H groups in total. The third kappa shape index (κ3) is 3.59. The van der Waals surface area contributed by atoms with Crippen LogP contribution in [0.2, 0.25) is 0 Å². The summed E-state index contributed by atoms with van der Waals surface area (Å²) in [6, 6.07) is 8.93. The molecule has 0 spiro atoms. The van der Waals surface area contributed by atoms with E-state index in [1.165, 1.54) is 16.4 Å². The number of aromatic nitrogens is 5. The van der Waals surface area contributed by atoms with Gasteiger partial charge in [-0.1, -0.05) is 11.8 Å².